The molecule has 1 atom stereocenters. The highest BCUT2D eigenvalue weighted by atomic mass is 35.5. The van der Waals surface area contributed by atoms with E-state index in [1.165, 1.54) is 83.5 Å². The molecule has 0 radical (unpaired) electrons. The summed E-state index contributed by atoms with van der Waals surface area (Å²) in [6.07, 6.45) is 34.2. The van der Waals surface area contributed by atoms with Gasteiger partial charge < -0.3 is 9.47 Å². The molecule has 0 fully saturated rings. The molecule has 258 valence electrons. The van der Waals surface area contributed by atoms with E-state index in [-0.39, 0.29) is 12.8 Å². The molecule has 0 aliphatic rings. The molecule has 4 nitrogen and oxygen atoms in total. The van der Waals surface area contributed by atoms with Crippen molar-refractivity contribution in [1.82, 2.24) is 0 Å². The van der Waals surface area contributed by atoms with Gasteiger partial charge in [0.05, 0.1) is 9.94 Å². The van der Waals surface area contributed by atoms with E-state index in [1.54, 1.807) is 0 Å². The van der Waals surface area contributed by atoms with Crippen molar-refractivity contribution in [2.24, 2.45) is 0 Å². The minimum absolute atomic E-state index is 0.0849. The Balaban J connectivity index is 4.22. The summed E-state index contributed by atoms with van der Waals surface area (Å²) >= 11 is 5.73. The second-order valence-electron chi connectivity index (χ2n) is 12.2. The molecule has 1 unspecified atom stereocenters. The molecular weight excluding hydrogens is 568 g/mol. The first kappa shape index (κ1) is 34.1. The third kappa shape index (κ3) is 33.6. The Labute approximate surface area is 285 Å². The molecule has 0 bridgehead atoms. The van der Waals surface area contributed by atoms with Crippen molar-refractivity contribution in [3.05, 3.63) is 24.3 Å². The smallest absolute Gasteiger partial charge is 0.306 e. The van der Waals surface area contributed by atoms with Gasteiger partial charge in [-0.25, -0.2) is 0 Å². The van der Waals surface area contributed by atoms with E-state index < -0.39 is 30.4 Å². The summed E-state index contributed by atoms with van der Waals surface area (Å²) in [6, 6.07) is 0. The Bertz CT molecular complexity index is 878. The minimum atomic E-state index is -3.28. The maximum atomic E-state index is 12.5. The molecule has 0 saturated heterocycles. The lowest BCUT2D eigenvalue weighted by atomic mass is 10.0. The van der Waals surface area contributed by atoms with Crippen LogP contribution in [0.25, 0.3) is 0 Å². The zero-order chi connectivity index (χ0) is 36.7. The van der Waals surface area contributed by atoms with Gasteiger partial charge in [-0.2, -0.15) is 0 Å². The number of alkyl halides is 1. The second kappa shape index (κ2) is 36.2. The van der Waals surface area contributed by atoms with E-state index >= 15 is 0 Å². The molecule has 0 heterocycles. The lowest BCUT2D eigenvalue weighted by Gasteiger charge is -2.15. The predicted octanol–water partition coefficient (Wildman–Crippen LogP) is 12.8. The number of halogens is 1. The quantitative estimate of drug-likeness (QED) is 0.0303. The fourth-order valence-electron chi connectivity index (χ4n) is 5.10. The fourth-order valence-corrected chi connectivity index (χ4v) is 5.18. The molecule has 0 aliphatic heterocycles. The molecule has 0 aromatic carbocycles. The molecule has 0 amide bonds. The van der Waals surface area contributed by atoms with Gasteiger partial charge in [0.25, 0.3) is 0 Å². The molecule has 0 rings (SSSR count). The first-order valence-corrected chi connectivity index (χ1v) is 18.7. The van der Waals surface area contributed by atoms with Crippen molar-refractivity contribution in [2.45, 2.75) is 200 Å². The van der Waals surface area contributed by atoms with Gasteiger partial charge >= 0.3 is 11.9 Å². The Morgan fingerprint density at radius 2 is 0.977 bits per heavy atom. The number of rotatable bonds is 34. The Morgan fingerprint density at radius 1 is 0.591 bits per heavy atom. The Hall–Kier alpha value is -1.29. The van der Waals surface area contributed by atoms with E-state index in [0.717, 1.165) is 70.6 Å². The zero-order valence-electron chi connectivity index (χ0n) is 33.6. The van der Waals surface area contributed by atoms with E-state index in [2.05, 4.69) is 38.2 Å². The zero-order valence-corrected chi connectivity index (χ0v) is 29.4. The number of unbranched alkanes of at least 4 members (excludes halogenated alkanes) is 22. The summed E-state index contributed by atoms with van der Waals surface area (Å²) in [4.78, 5) is 24.9. The molecule has 44 heavy (non-hydrogen) atoms. The Morgan fingerprint density at radius 3 is 1.45 bits per heavy atom. The monoisotopic (exact) mass is 644 g/mol. The average molecular weight is 644 g/mol. The van der Waals surface area contributed by atoms with Gasteiger partial charge in [-0.05, 0) is 44.9 Å². The highest BCUT2D eigenvalue weighted by molar-refractivity contribution is 6.18. The molecular formula is C39H71ClO4. The predicted molar refractivity (Wildman–Crippen MR) is 190 cm³/mol. The summed E-state index contributed by atoms with van der Waals surface area (Å²) in [5.74, 6) is -5.00. The molecule has 0 spiro atoms. The molecule has 0 aromatic heterocycles. The number of hydrogen-bond donors (Lipinski definition) is 0. The van der Waals surface area contributed by atoms with Gasteiger partial charge in [-0.15, -0.1) is 11.6 Å². The highest BCUT2D eigenvalue weighted by Gasteiger charge is 2.16. The number of hydrogen-bond acceptors (Lipinski definition) is 4. The van der Waals surface area contributed by atoms with Crippen LogP contribution in [-0.2, 0) is 19.1 Å². The number of ether oxygens (including phenoxy) is 2. The van der Waals surface area contributed by atoms with E-state index in [4.69, 9.17) is 27.9 Å². The standard InChI is InChI=1S/C39H71ClO4/c1-3-5-7-9-11-13-15-17-19-21-23-25-27-29-31-33-38(41)43-36-37(35-40)44-39(42)34-32-30-28-26-24-22-20-18-16-14-12-10-8-6-4-2/h11,13,17,19,37H,3-10,12,14-16,18,20-36H2,1-2H3/i35D2,36D2,37D. The lowest BCUT2D eigenvalue weighted by Crippen LogP contribution is -2.26. The van der Waals surface area contributed by atoms with E-state index in [9.17, 15) is 9.59 Å². The average Bonchev–Trinajstić information content (AvgIpc) is 3.03. The lowest BCUT2D eigenvalue weighted by molar-refractivity contribution is -0.157. The van der Waals surface area contributed by atoms with Crippen LogP contribution in [0.1, 0.15) is 200 Å². The van der Waals surface area contributed by atoms with Crippen LogP contribution in [0.3, 0.4) is 0 Å². The van der Waals surface area contributed by atoms with Crippen LogP contribution < -0.4 is 0 Å². The number of carbonyl (C=O) groups excluding carboxylic acids is 2. The number of carbonyl (C=O) groups is 2. The molecule has 0 saturated carbocycles. The first-order valence-electron chi connectivity index (χ1n) is 20.8. The molecule has 0 aromatic rings. The largest absolute Gasteiger partial charge is 0.462 e. The van der Waals surface area contributed by atoms with Crippen molar-refractivity contribution in [1.29, 1.82) is 0 Å². The maximum absolute atomic E-state index is 12.5. The van der Waals surface area contributed by atoms with Gasteiger partial charge in [0.1, 0.15) is 12.6 Å². The van der Waals surface area contributed by atoms with Crippen molar-refractivity contribution in [2.75, 3.05) is 12.4 Å². The van der Waals surface area contributed by atoms with Crippen molar-refractivity contribution >= 4 is 23.5 Å². The summed E-state index contributed by atoms with van der Waals surface area (Å²) in [5.41, 5.74) is 0. The van der Waals surface area contributed by atoms with Crippen LogP contribution in [0.4, 0.5) is 0 Å². The van der Waals surface area contributed by atoms with Crippen LogP contribution in [0.5, 0.6) is 0 Å². The maximum Gasteiger partial charge on any atom is 0.306 e. The van der Waals surface area contributed by atoms with Gasteiger partial charge in [0.15, 0.2) is 0 Å². The SMILES string of the molecule is [2H]C([2H])(Cl)C([2H])(OC(=O)CCCCCCCCCCCCCCCCC)C([2H])([2H])OC(=O)CCCCCCCC=CCC=CCCCCC. The van der Waals surface area contributed by atoms with E-state index in [0.29, 0.717) is 12.8 Å². The number of allylic oxidation sites excluding steroid dienone is 4. The van der Waals surface area contributed by atoms with Gasteiger partial charge in [0.2, 0.25) is 0 Å². The molecule has 0 aliphatic carbocycles. The van der Waals surface area contributed by atoms with Crippen LogP contribution in [-0.4, -0.2) is 30.4 Å². The van der Waals surface area contributed by atoms with Crippen molar-refractivity contribution in [3.8, 4) is 0 Å². The Kier molecular flexibility index (Phi) is 28.0. The van der Waals surface area contributed by atoms with Crippen LogP contribution >= 0.6 is 11.6 Å². The third-order valence-electron chi connectivity index (χ3n) is 7.88. The van der Waals surface area contributed by atoms with E-state index in [1.807, 2.05) is 0 Å². The highest BCUT2D eigenvalue weighted by Crippen LogP contribution is 2.14. The van der Waals surface area contributed by atoms with Crippen LogP contribution in [0, 0.1) is 0 Å². The summed E-state index contributed by atoms with van der Waals surface area (Å²) in [5, 5.41) is 0. The summed E-state index contributed by atoms with van der Waals surface area (Å²) in [6.45, 7) is 1.17. The topological polar surface area (TPSA) is 52.6 Å². The minimum Gasteiger partial charge on any atom is -0.462 e. The van der Waals surface area contributed by atoms with Gasteiger partial charge in [-0.1, -0.05) is 160 Å². The summed E-state index contributed by atoms with van der Waals surface area (Å²) < 4.78 is 50.2. The van der Waals surface area contributed by atoms with Crippen LogP contribution in [0.15, 0.2) is 24.3 Å². The summed E-state index contributed by atoms with van der Waals surface area (Å²) in [7, 11) is 0. The fraction of sp³-hybridized carbons (Fsp3) is 0.846. The van der Waals surface area contributed by atoms with Crippen molar-refractivity contribution < 1.29 is 25.9 Å². The second-order valence-corrected chi connectivity index (χ2v) is 12.3. The van der Waals surface area contributed by atoms with Gasteiger partial charge in [0, 0.05) is 15.6 Å². The first-order chi connectivity index (χ1) is 23.4. The third-order valence-corrected chi connectivity index (χ3v) is 8.05. The molecule has 0 N–H and O–H groups in total. The molecule has 5 heteroatoms. The van der Waals surface area contributed by atoms with Crippen molar-refractivity contribution in [3.63, 3.8) is 0 Å². The van der Waals surface area contributed by atoms with Gasteiger partial charge in [-0.3, -0.25) is 9.59 Å². The number of esters is 2. The normalized spacial score (nSPS) is 15.4. The van der Waals surface area contributed by atoms with Crippen LogP contribution in [0.2, 0.25) is 0 Å².